The van der Waals surface area contributed by atoms with E-state index >= 15 is 0 Å². The summed E-state index contributed by atoms with van der Waals surface area (Å²) in [6, 6.07) is 9.19. The minimum atomic E-state index is -0.533. The lowest BCUT2D eigenvalue weighted by Gasteiger charge is -2.10. The number of hydrogen-bond donors (Lipinski definition) is 2. The van der Waals surface area contributed by atoms with Crippen molar-refractivity contribution in [1.82, 2.24) is 0 Å². The van der Waals surface area contributed by atoms with Crippen molar-refractivity contribution >= 4 is 29.0 Å². The molecule has 20 heavy (non-hydrogen) atoms. The Labute approximate surface area is 125 Å². The highest BCUT2D eigenvalue weighted by atomic mass is 35.5. The maximum atomic E-state index is 13.5. The van der Waals surface area contributed by atoms with Gasteiger partial charge in [-0.3, -0.25) is 5.41 Å². The fourth-order valence-electron chi connectivity index (χ4n) is 1.60. The lowest BCUT2D eigenvalue weighted by molar-refractivity contribution is 0.290. The topological polar surface area (TPSA) is 59.1 Å². The van der Waals surface area contributed by atoms with Crippen LogP contribution < -0.4 is 10.5 Å². The van der Waals surface area contributed by atoms with Crippen molar-refractivity contribution in [3.05, 3.63) is 63.4 Å². The molecule has 0 heterocycles. The molecular weight excluding hydrogens is 302 g/mol. The van der Waals surface area contributed by atoms with Crippen LogP contribution in [0.4, 0.5) is 4.39 Å². The van der Waals surface area contributed by atoms with Gasteiger partial charge in [-0.15, -0.1) is 0 Å². The monoisotopic (exact) mass is 312 g/mol. The van der Waals surface area contributed by atoms with E-state index in [9.17, 15) is 4.39 Å². The van der Waals surface area contributed by atoms with Crippen LogP contribution in [0, 0.1) is 11.2 Å². The van der Waals surface area contributed by atoms with Crippen molar-refractivity contribution in [2.24, 2.45) is 5.73 Å². The molecule has 0 spiro atoms. The zero-order valence-electron chi connectivity index (χ0n) is 10.3. The van der Waals surface area contributed by atoms with Crippen LogP contribution in [0.25, 0.3) is 0 Å². The van der Waals surface area contributed by atoms with Gasteiger partial charge in [0.05, 0.1) is 5.02 Å². The molecule has 0 radical (unpaired) electrons. The van der Waals surface area contributed by atoms with Crippen LogP contribution in [0.15, 0.2) is 36.4 Å². The number of nitrogens with one attached hydrogen (secondary N) is 1. The maximum Gasteiger partial charge on any atom is 0.174 e. The van der Waals surface area contributed by atoms with E-state index in [1.54, 1.807) is 24.3 Å². The summed E-state index contributed by atoms with van der Waals surface area (Å²) in [5.74, 6) is -0.619. The first-order valence-corrected chi connectivity index (χ1v) is 6.44. The molecule has 2 rings (SSSR count). The normalized spacial score (nSPS) is 10.3. The van der Waals surface area contributed by atoms with Crippen LogP contribution >= 0.6 is 23.2 Å². The van der Waals surface area contributed by atoms with Crippen LogP contribution in [-0.4, -0.2) is 5.84 Å². The second kappa shape index (κ2) is 6.11. The molecule has 0 aliphatic rings. The van der Waals surface area contributed by atoms with Crippen molar-refractivity contribution in [2.75, 3.05) is 0 Å². The van der Waals surface area contributed by atoms with Gasteiger partial charge in [0.2, 0.25) is 0 Å². The minimum absolute atomic E-state index is 0.0131. The number of halogens is 3. The predicted molar refractivity (Wildman–Crippen MR) is 78.2 cm³/mol. The average molecular weight is 313 g/mol. The maximum absolute atomic E-state index is 13.5. The highest BCUT2D eigenvalue weighted by Gasteiger charge is 2.10. The Kier molecular flexibility index (Phi) is 4.47. The van der Waals surface area contributed by atoms with Crippen molar-refractivity contribution in [1.29, 1.82) is 5.41 Å². The summed E-state index contributed by atoms with van der Waals surface area (Å²) in [6.45, 7) is 0.0671. The molecule has 2 aromatic carbocycles. The quantitative estimate of drug-likeness (QED) is 0.662. The van der Waals surface area contributed by atoms with E-state index in [1.165, 1.54) is 12.1 Å². The van der Waals surface area contributed by atoms with Gasteiger partial charge >= 0.3 is 0 Å². The van der Waals surface area contributed by atoms with Gasteiger partial charge in [-0.2, -0.15) is 0 Å². The summed E-state index contributed by atoms with van der Waals surface area (Å²) >= 11 is 11.9. The number of hydrogen-bond acceptors (Lipinski definition) is 2. The van der Waals surface area contributed by atoms with Gasteiger partial charge in [0.1, 0.15) is 12.4 Å². The van der Waals surface area contributed by atoms with Crippen molar-refractivity contribution < 1.29 is 9.13 Å². The Balaban J connectivity index is 2.17. The number of rotatable bonds is 4. The molecule has 2 aromatic rings. The zero-order valence-corrected chi connectivity index (χ0v) is 11.8. The smallest absolute Gasteiger partial charge is 0.174 e. The van der Waals surface area contributed by atoms with Crippen LogP contribution in [0.5, 0.6) is 5.75 Å². The molecule has 0 saturated heterocycles. The molecule has 0 atom stereocenters. The SMILES string of the molecule is N=C(N)c1ccc(COc2c(F)cccc2Cl)c(Cl)c1. The fraction of sp³-hybridized carbons (Fsp3) is 0.0714. The van der Waals surface area contributed by atoms with Crippen molar-refractivity contribution in [2.45, 2.75) is 6.61 Å². The van der Waals surface area contributed by atoms with Crippen LogP contribution in [0.2, 0.25) is 10.0 Å². The Hall–Kier alpha value is -1.78. The number of nitrogen functional groups attached to an aromatic ring is 1. The third-order valence-electron chi connectivity index (χ3n) is 2.66. The standard InChI is InChI=1S/C14H11Cl2FN2O/c15-10-2-1-3-12(17)13(10)20-7-9-5-4-8(14(18)19)6-11(9)16/h1-6H,7H2,(H3,18,19). The van der Waals surface area contributed by atoms with E-state index in [-0.39, 0.29) is 23.2 Å². The molecule has 104 valence electrons. The third kappa shape index (κ3) is 3.21. The summed E-state index contributed by atoms with van der Waals surface area (Å²) < 4.78 is 18.9. The van der Waals surface area contributed by atoms with Gasteiger partial charge in [-0.25, -0.2) is 4.39 Å². The molecule has 3 nitrogen and oxygen atoms in total. The summed E-state index contributed by atoms with van der Waals surface area (Å²) in [4.78, 5) is 0. The molecule has 3 N–H and O–H groups in total. The molecule has 0 aliphatic heterocycles. The molecule has 0 aliphatic carbocycles. The molecule has 0 unspecified atom stereocenters. The molecule has 0 fully saturated rings. The van der Waals surface area contributed by atoms with Gasteiger partial charge in [-0.05, 0) is 18.2 Å². The van der Waals surface area contributed by atoms with E-state index < -0.39 is 5.82 Å². The van der Waals surface area contributed by atoms with Crippen LogP contribution in [0.1, 0.15) is 11.1 Å². The lowest BCUT2D eigenvalue weighted by atomic mass is 10.1. The first-order valence-electron chi connectivity index (χ1n) is 5.68. The van der Waals surface area contributed by atoms with E-state index in [0.29, 0.717) is 16.1 Å². The number of benzene rings is 2. The number of para-hydroxylation sites is 1. The van der Waals surface area contributed by atoms with E-state index in [1.807, 2.05) is 0 Å². The first-order chi connectivity index (χ1) is 9.49. The second-order valence-electron chi connectivity index (χ2n) is 4.06. The van der Waals surface area contributed by atoms with Crippen LogP contribution in [0.3, 0.4) is 0 Å². The van der Waals surface area contributed by atoms with Gasteiger partial charge in [0, 0.05) is 16.1 Å². The molecule has 0 amide bonds. The molecule has 0 bridgehead atoms. The lowest BCUT2D eigenvalue weighted by Crippen LogP contribution is -2.11. The fourth-order valence-corrected chi connectivity index (χ4v) is 2.05. The number of ether oxygens (including phenoxy) is 1. The molecule has 0 aromatic heterocycles. The van der Waals surface area contributed by atoms with Crippen molar-refractivity contribution in [3.63, 3.8) is 0 Å². The minimum Gasteiger partial charge on any atom is -0.484 e. The molecule has 0 saturated carbocycles. The second-order valence-corrected chi connectivity index (χ2v) is 4.87. The van der Waals surface area contributed by atoms with E-state index in [4.69, 9.17) is 39.1 Å². The average Bonchev–Trinajstić information content (AvgIpc) is 2.39. The largest absolute Gasteiger partial charge is 0.484 e. The predicted octanol–water partition coefficient (Wildman–Crippen LogP) is 4.00. The van der Waals surface area contributed by atoms with E-state index in [0.717, 1.165) is 0 Å². The van der Waals surface area contributed by atoms with E-state index in [2.05, 4.69) is 0 Å². The summed E-state index contributed by atoms with van der Waals surface area (Å²) in [5, 5.41) is 7.91. The van der Waals surface area contributed by atoms with Gasteiger partial charge in [0.25, 0.3) is 0 Å². The summed E-state index contributed by atoms with van der Waals surface area (Å²) in [5.41, 5.74) is 6.53. The Morgan fingerprint density at radius 2 is 1.95 bits per heavy atom. The van der Waals surface area contributed by atoms with Gasteiger partial charge < -0.3 is 10.5 Å². The zero-order chi connectivity index (χ0) is 14.7. The van der Waals surface area contributed by atoms with Gasteiger partial charge in [0.15, 0.2) is 11.6 Å². The Morgan fingerprint density at radius 3 is 2.55 bits per heavy atom. The van der Waals surface area contributed by atoms with Gasteiger partial charge in [-0.1, -0.05) is 41.4 Å². The first kappa shape index (κ1) is 14.6. The molecular formula is C14H11Cl2FN2O. The summed E-state index contributed by atoms with van der Waals surface area (Å²) in [7, 11) is 0. The number of amidine groups is 1. The third-order valence-corrected chi connectivity index (χ3v) is 3.30. The Morgan fingerprint density at radius 1 is 1.20 bits per heavy atom. The number of nitrogens with two attached hydrogens (primary N) is 1. The Bertz CT molecular complexity index is 641. The van der Waals surface area contributed by atoms with Crippen LogP contribution in [-0.2, 0) is 6.61 Å². The molecule has 6 heteroatoms. The van der Waals surface area contributed by atoms with Crippen molar-refractivity contribution in [3.8, 4) is 5.75 Å². The highest BCUT2D eigenvalue weighted by Crippen LogP contribution is 2.29. The summed E-state index contributed by atoms with van der Waals surface area (Å²) in [6.07, 6.45) is 0. The highest BCUT2D eigenvalue weighted by molar-refractivity contribution is 6.32.